The van der Waals surface area contributed by atoms with Gasteiger partial charge in [0.15, 0.2) is 5.78 Å². The minimum Gasteiger partial charge on any atom is -0.396 e. The maximum atomic E-state index is 12.7. The first-order valence-electron chi connectivity index (χ1n) is 6.67. The summed E-state index contributed by atoms with van der Waals surface area (Å²) in [6.45, 7) is 2.81. The normalized spacial score (nSPS) is 17.6. The molecule has 0 aromatic carbocycles. The highest BCUT2D eigenvalue weighted by molar-refractivity contribution is 5.94. The fraction of sp³-hybridized carbons (Fsp3) is 0.571. The molecule has 4 nitrogen and oxygen atoms in total. The van der Waals surface area contributed by atoms with E-state index >= 15 is 0 Å². The van der Waals surface area contributed by atoms with Crippen LogP contribution in [-0.2, 0) is 0 Å². The van der Waals surface area contributed by atoms with Crippen LogP contribution in [0, 0.1) is 11.7 Å². The molecule has 104 valence electrons. The number of aliphatic hydroxyl groups is 1. The van der Waals surface area contributed by atoms with Gasteiger partial charge in [-0.25, -0.2) is 4.39 Å². The van der Waals surface area contributed by atoms with Gasteiger partial charge in [-0.2, -0.15) is 0 Å². The van der Waals surface area contributed by atoms with Crippen LogP contribution >= 0.6 is 0 Å². The summed E-state index contributed by atoms with van der Waals surface area (Å²) < 4.78 is 12.7. The van der Waals surface area contributed by atoms with Gasteiger partial charge in [0.2, 0.25) is 0 Å². The van der Waals surface area contributed by atoms with E-state index in [1.165, 1.54) is 12.1 Å². The van der Waals surface area contributed by atoms with Crippen LogP contribution in [-0.4, -0.2) is 47.0 Å². The molecule has 0 bridgehead atoms. The van der Waals surface area contributed by atoms with Crippen molar-refractivity contribution >= 4 is 5.78 Å². The van der Waals surface area contributed by atoms with Crippen molar-refractivity contribution in [3.8, 4) is 0 Å². The van der Waals surface area contributed by atoms with Crippen LogP contribution in [0.1, 0.15) is 29.8 Å². The predicted octanol–water partition coefficient (Wildman–Crippen LogP) is 1.50. The van der Waals surface area contributed by atoms with Crippen LogP contribution in [0.2, 0.25) is 0 Å². The zero-order valence-corrected chi connectivity index (χ0v) is 10.9. The van der Waals surface area contributed by atoms with Gasteiger partial charge in [0, 0.05) is 19.6 Å². The highest BCUT2D eigenvalue weighted by atomic mass is 19.1. The van der Waals surface area contributed by atoms with Gasteiger partial charge in [-0.3, -0.25) is 9.78 Å². The molecular formula is C14H19FN2O2. The van der Waals surface area contributed by atoms with Crippen LogP contribution in [0.4, 0.5) is 4.39 Å². The van der Waals surface area contributed by atoms with Gasteiger partial charge in [0.25, 0.3) is 0 Å². The van der Waals surface area contributed by atoms with Crippen LogP contribution in [0.15, 0.2) is 18.3 Å². The van der Waals surface area contributed by atoms with Crippen molar-refractivity contribution in [3.05, 3.63) is 29.8 Å². The lowest BCUT2D eigenvalue weighted by molar-refractivity contribution is 0.0928. The maximum absolute atomic E-state index is 12.7. The number of halogens is 1. The third-order valence-corrected chi connectivity index (χ3v) is 3.63. The molecule has 0 aliphatic carbocycles. The van der Waals surface area contributed by atoms with E-state index in [0.29, 0.717) is 24.6 Å². The summed E-state index contributed by atoms with van der Waals surface area (Å²) in [6, 6.07) is 2.68. The second kappa shape index (κ2) is 6.73. The quantitative estimate of drug-likeness (QED) is 0.821. The van der Waals surface area contributed by atoms with Gasteiger partial charge in [0.05, 0.1) is 6.20 Å². The summed E-state index contributed by atoms with van der Waals surface area (Å²) in [7, 11) is 0. The second-order valence-electron chi connectivity index (χ2n) is 5.00. The highest BCUT2D eigenvalue weighted by Gasteiger charge is 2.19. The number of aliphatic hydroxyl groups excluding tert-OH is 1. The number of carbonyl (C=O) groups is 1. The van der Waals surface area contributed by atoms with E-state index in [4.69, 9.17) is 5.11 Å². The Balaban J connectivity index is 1.76. The van der Waals surface area contributed by atoms with Gasteiger partial charge in [-0.05, 0) is 44.0 Å². The highest BCUT2D eigenvalue weighted by Crippen LogP contribution is 2.16. The molecule has 2 rings (SSSR count). The minimum absolute atomic E-state index is 0.0516. The minimum atomic E-state index is -0.428. The number of Topliss-reactive ketones (excluding diaryl/α,β-unsaturated/α-hetero) is 1. The molecule has 1 aliphatic heterocycles. The lowest BCUT2D eigenvalue weighted by Gasteiger charge is -2.30. The number of piperidine rings is 1. The second-order valence-corrected chi connectivity index (χ2v) is 5.00. The van der Waals surface area contributed by atoms with E-state index in [1.54, 1.807) is 0 Å². The van der Waals surface area contributed by atoms with Crippen molar-refractivity contribution in [2.75, 3.05) is 26.2 Å². The molecule has 1 aromatic heterocycles. The van der Waals surface area contributed by atoms with Crippen LogP contribution in [0.3, 0.4) is 0 Å². The Bertz CT molecular complexity index is 414. The molecule has 1 saturated heterocycles. The van der Waals surface area contributed by atoms with E-state index in [2.05, 4.69) is 9.88 Å². The third-order valence-electron chi connectivity index (χ3n) is 3.63. The molecule has 0 unspecified atom stereocenters. The molecule has 1 aromatic rings. The zero-order valence-electron chi connectivity index (χ0n) is 10.9. The molecule has 2 heterocycles. The number of aromatic nitrogens is 1. The van der Waals surface area contributed by atoms with Crippen LogP contribution in [0.25, 0.3) is 0 Å². The first-order chi connectivity index (χ1) is 9.19. The molecule has 0 radical (unpaired) electrons. The van der Waals surface area contributed by atoms with Gasteiger partial charge in [0.1, 0.15) is 11.5 Å². The first-order valence-corrected chi connectivity index (χ1v) is 6.67. The fourth-order valence-corrected chi connectivity index (χ4v) is 2.32. The maximum Gasteiger partial charge on any atom is 0.182 e. The molecular weight excluding hydrogens is 247 g/mol. The summed E-state index contributed by atoms with van der Waals surface area (Å²) in [4.78, 5) is 17.9. The van der Waals surface area contributed by atoms with Crippen molar-refractivity contribution in [2.24, 2.45) is 5.92 Å². The van der Waals surface area contributed by atoms with Crippen molar-refractivity contribution < 1.29 is 14.3 Å². The van der Waals surface area contributed by atoms with E-state index in [1.807, 2.05) is 0 Å². The first kappa shape index (κ1) is 14.1. The largest absolute Gasteiger partial charge is 0.396 e. The molecule has 1 fully saturated rings. The summed E-state index contributed by atoms with van der Waals surface area (Å²) in [5.41, 5.74) is 0.326. The topological polar surface area (TPSA) is 53.4 Å². The van der Waals surface area contributed by atoms with E-state index in [0.717, 1.165) is 32.1 Å². The van der Waals surface area contributed by atoms with Gasteiger partial charge in [-0.15, -0.1) is 0 Å². The Labute approximate surface area is 112 Å². The van der Waals surface area contributed by atoms with Gasteiger partial charge < -0.3 is 10.0 Å². The van der Waals surface area contributed by atoms with Crippen molar-refractivity contribution in [1.82, 2.24) is 9.88 Å². The van der Waals surface area contributed by atoms with Gasteiger partial charge in [-0.1, -0.05) is 0 Å². The summed E-state index contributed by atoms with van der Waals surface area (Å²) in [6.07, 6.45) is 3.45. The lowest BCUT2D eigenvalue weighted by atomic mass is 9.97. The standard InChI is InChI=1S/C14H19FN2O2/c15-12-1-2-13(16-9-12)14(19)5-8-17-6-3-11(10-18)4-7-17/h1-2,9,11,18H,3-8,10H2. The number of hydrogen-bond acceptors (Lipinski definition) is 4. The monoisotopic (exact) mass is 266 g/mol. The van der Waals surface area contributed by atoms with E-state index in [-0.39, 0.29) is 12.4 Å². The SMILES string of the molecule is O=C(CCN1CCC(CO)CC1)c1ccc(F)cn1. The van der Waals surface area contributed by atoms with Crippen molar-refractivity contribution in [3.63, 3.8) is 0 Å². The molecule has 19 heavy (non-hydrogen) atoms. The number of nitrogens with zero attached hydrogens (tertiary/aromatic N) is 2. The average Bonchev–Trinajstić information content (AvgIpc) is 2.46. The predicted molar refractivity (Wildman–Crippen MR) is 69.4 cm³/mol. The Morgan fingerprint density at radius 2 is 2.16 bits per heavy atom. The summed E-state index contributed by atoms with van der Waals surface area (Å²) in [5.74, 6) is -0.0716. The molecule has 1 N–H and O–H groups in total. The Kier molecular flexibility index (Phi) is 4.99. The molecule has 0 saturated carbocycles. The number of carbonyl (C=O) groups excluding carboxylic acids is 1. The smallest absolute Gasteiger partial charge is 0.182 e. The Morgan fingerprint density at radius 3 is 2.74 bits per heavy atom. The lowest BCUT2D eigenvalue weighted by Crippen LogP contribution is -2.36. The molecule has 0 amide bonds. The zero-order chi connectivity index (χ0) is 13.7. The average molecular weight is 266 g/mol. The summed E-state index contributed by atoms with van der Waals surface area (Å²) in [5, 5.41) is 9.05. The Morgan fingerprint density at radius 1 is 1.42 bits per heavy atom. The van der Waals surface area contributed by atoms with Gasteiger partial charge >= 0.3 is 0 Å². The Hall–Kier alpha value is -1.33. The number of ketones is 1. The molecule has 1 aliphatic rings. The number of likely N-dealkylation sites (tertiary alicyclic amines) is 1. The van der Waals surface area contributed by atoms with E-state index in [9.17, 15) is 9.18 Å². The molecule has 0 atom stereocenters. The van der Waals surface area contributed by atoms with Crippen molar-refractivity contribution in [1.29, 1.82) is 0 Å². The number of pyridine rings is 1. The van der Waals surface area contributed by atoms with Crippen molar-refractivity contribution in [2.45, 2.75) is 19.3 Å². The summed E-state index contributed by atoms with van der Waals surface area (Å²) >= 11 is 0. The fourth-order valence-electron chi connectivity index (χ4n) is 2.32. The van der Waals surface area contributed by atoms with E-state index < -0.39 is 5.82 Å². The number of rotatable bonds is 5. The number of hydrogen-bond donors (Lipinski definition) is 1. The third kappa shape index (κ3) is 4.08. The molecule has 5 heteroatoms. The van der Waals surface area contributed by atoms with Crippen LogP contribution < -0.4 is 0 Å². The van der Waals surface area contributed by atoms with Crippen LogP contribution in [0.5, 0.6) is 0 Å². The molecule has 0 spiro atoms.